The van der Waals surface area contributed by atoms with E-state index in [0.717, 1.165) is 10.8 Å². The number of nitrogen functional groups attached to an aromatic ring is 1. The highest BCUT2D eigenvalue weighted by Gasteiger charge is 2.17. The van der Waals surface area contributed by atoms with Crippen LogP contribution in [0.2, 0.25) is 10.0 Å². The van der Waals surface area contributed by atoms with Gasteiger partial charge in [-0.05, 0) is 23.6 Å². The zero-order valence-corrected chi connectivity index (χ0v) is 15.0. The molecule has 0 aliphatic heterocycles. The average molecular weight is 389 g/mol. The van der Waals surface area contributed by atoms with E-state index >= 15 is 0 Å². The van der Waals surface area contributed by atoms with Crippen molar-refractivity contribution in [1.29, 1.82) is 0 Å². The van der Waals surface area contributed by atoms with Crippen LogP contribution in [-0.2, 0) is 9.53 Å². The van der Waals surface area contributed by atoms with Gasteiger partial charge in [-0.3, -0.25) is 4.79 Å². The predicted molar refractivity (Wildman–Crippen MR) is 104 cm³/mol. The summed E-state index contributed by atoms with van der Waals surface area (Å²) in [6, 6.07) is 15.9. The van der Waals surface area contributed by atoms with Gasteiger partial charge in [-0.25, -0.2) is 4.79 Å². The number of hydrogen-bond acceptors (Lipinski definition) is 4. The van der Waals surface area contributed by atoms with Crippen LogP contribution >= 0.6 is 23.2 Å². The number of hydrogen-bond donors (Lipinski definition) is 2. The summed E-state index contributed by atoms with van der Waals surface area (Å²) in [4.78, 5) is 24.3. The summed E-state index contributed by atoms with van der Waals surface area (Å²) in [5.41, 5.74) is 6.45. The van der Waals surface area contributed by atoms with E-state index in [2.05, 4.69) is 5.32 Å². The lowest BCUT2D eigenvalue weighted by Crippen LogP contribution is -2.21. The molecule has 0 fully saturated rings. The number of rotatable bonds is 4. The van der Waals surface area contributed by atoms with E-state index in [1.165, 1.54) is 12.1 Å². The van der Waals surface area contributed by atoms with Crippen LogP contribution in [0.5, 0.6) is 0 Å². The minimum Gasteiger partial charge on any atom is -0.452 e. The highest BCUT2D eigenvalue weighted by Crippen LogP contribution is 2.28. The SMILES string of the molecule is Nc1c(Cl)cc(Cl)cc1C(=O)OCC(=O)Nc1cccc2ccccc12. The topological polar surface area (TPSA) is 81.4 Å². The molecule has 3 N–H and O–H groups in total. The van der Waals surface area contributed by atoms with Crippen LogP contribution in [0.4, 0.5) is 11.4 Å². The number of benzene rings is 3. The number of nitrogens with two attached hydrogens (primary N) is 1. The van der Waals surface area contributed by atoms with Crippen molar-refractivity contribution < 1.29 is 14.3 Å². The monoisotopic (exact) mass is 388 g/mol. The molecule has 3 rings (SSSR count). The predicted octanol–water partition coefficient (Wildman–Crippen LogP) is 4.52. The van der Waals surface area contributed by atoms with Crippen molar-refractivity contribution >= 4 is 57.2 Å². The number of amides is 1. The molecule has 0 heterocycles. The molecule has 0 saturated carbocycles. The molecule has 0 radical (unpaired) electrons. The molecular weight excluding hydrogens is 375 g/mol. The van der Waals surface area contributed by atoms with E-state index in [1.807, 2.05) is 36.4 Å². The maximum atomic E-state index is 12.1. The Kier molecular flexibility index (Phi) is 5.30. The summed E-state index contributed by atoms with van der Waals surface area (Å²) in [6.07, 6.45) is 0. The molecule has 0 spiro atoms. The Balaban J connectivity index is 1.68. The Morgan fingerprint density at radius 1 is 1.04 bits per heavy atom. The molecule has 0 atom stereocenters. The highest BCUT2D eigenvalue weighted by atomic mass is 35.5. The maximum absolute atomic E-state index is 12.1. The van der Waals surface area contributed by atoms with Gasteiger partial charge in [0, 0.05) is 16.1 Å². The summed E-state index contributed by atoms with van der Waals surface area (Å²) >= 11 is 11.8. The third-order valence-corrected chi connectivity index (χ3v) is 4.24. The summed E-state index contributed by atoms with van der Waals surface area (Å²) in [5, 5.41) is 5.00. The molecule has 26 heavy (non-hydrogen) atoms. The van der Waals surface area contributed by atoms with Gasteiger partial charge in [-0.1, -0.05) is 59.6 Å². The number of nitrogens with one attached hydrogen (secondary N) is 1. The van der Waals surface area contributed by atoms with Crippen LogP contribution in [-0.4, -0.2) is 18.5 Å². The molecule has 132 valence electrons. The number of ether oxygens (including phenoxy) is 1. The molecule has 0 aliphatic carbocycles. The summed E-state index contributed by atoms with van der Waals surface area (Å²) in [5.74, 6) is -1.25. The van der Waals surface area contributed by atoms with Crippen LogP contribution in [0.3, 0.4) is 0 Å². The standard InChI is InChI=1S/C19H14Cl2N2O3/c20-12-8-14(18(22)15(21)9-12)19(25)26-10-17(24)23-16-7-3-5-11-4-1-2-6-13(11)16/h1-9H,10,22H2,(H,23,24). The van der Waals surface area contributed by atoms with Gasteiger partial charge in [0.15, 0.2) is 6.61 Å². The molecule has 7 heteroatoms. The summed E-state index contributed by atoms with van der Waals surface area (Å²) in [7, 11) is 0. The molecule has 0 bridgehead atoms. The smallest absolute Gasteiger partial charge is 0.340 e. The van der Waals surface area contributed by atoms with Gasteiger partial charge in [0.05, 0.1) is 16.3 Å². The lowest BCUT2D eigenvalue weighted by Gasteiger charge is -2.10. The van der Waals surface area contributed by atoms with Crippen LogP contribution in [0.1, 0.15) is 10.4 Å². The fraction of sp³-hybridized carbons (Fsp3) is 0.0526. The molecule has 0 saturated heterocycles. The lowest BCUT2D eigenvalue weighted by molar-refractivity contribution is -0.119. The van der Waals surface area contributed by atoms with Crippen LogP contribution in [0.15, 0.2) is 54.6 Å². The van der Waals surface area contributed by atoms with E-state index < -0.39 is 18.5 Å². The van der Waals surface area contributed by atoms with Crippen molar-refractivity contribution in [2.45, 2.75) is 0 Å². The molecule has 0 aromatic heterocycles. The third-order valence-electron chi connectivity index (χ3n) is 3.71. The van der Waals surface area contributed by atoms with Crippen molar-refractivity contribution in [2.24, 2.45) is 0 Å². The quantitative estimate of drug-likeness (QED) is 0.508. The van der Waals surface area contributed by atoms with Crippen LogP contribution in [0, 0.1) is 0 Å². The molecule has 3 aromatic carbocycles. The zero-order valence-electron chi connectivity index (χ0n) is 13.5. The molecule has 3 aromatic rings. The second-order valence-corrected chi connectivity index (χ2v) is 6.34. The van der Waals surface area contributed by atoms with E-state index in [0.29, 0.717) is 5.69 Å². The summed E-state index contributed by atoms with van der Waals surface area (Å²) < 4.78 is 5.02. The van der Waals surface area contributed by atoms with Gasteiger partial charge in [0.25, 0.3) is 5.91 Å². The van der Waals surface area contributed by atoms with Crippen LogP contribution < -0.4 is 11.1 Å². The Morgan fingerprint density at radius 3 is 2.58 bits per heavy atom. The maximum Gasteiger partial charge on any atom is 0.340 e. The van der Waals surface area contributed by atoms with Crippen molar-refractivity contribution in [2.75, 3.05) is 17.7 Å². The first kappa shape index (κ1) is 18.0. The Bertz CT molecular complexity index is 1000. The number of fused-ring (bicyclic) bond motifs is 1. The average Bonchev–Trinajstić information content (AvgIpc) is 2.63. The zero-order chi connectivity index (χ0) is 18.7. The van der Waals surface area contributed by atoms with Gasteiger partial charge in [0.2, 0.25) is 0 Å². The van der Waals surface area contributed by atoms with Gasteiger partial charge in [-0.15, -0.1) is 0 Å². The Hall–Kier alpha value is -2.76. The molecule has 0 aliphatic rings. The van der Waals surface area contributed by atoms with E-state index in [4.69, 9.17) is 33.7 Å². The number of esters is 1. The fourth-order valence-corrected chi connectivity index (χ4v) is 2.98. The third kappa shape index (κ3) is 3.90. The highest BCUT2D eigenvalue weighted by molar-refractivity contribution is 6.37. The largest absolute Gasteiger partial charge is 0.452 e. The van der Waals surface area contributed by atoms with E-state index in [9.17, 15) is 9.59 Å². The molecule has 0 unspecified atom stereocenters. The van der Waals surface area contributed by atoms with Crippen molar-refractivity contribution in [1.82, 2.24) is 0 Å². The number of anilines is 2. The first-order valence-corrected chi connectivity index (χ1v) is 8.40. The fourth-order valence-electron chi connectivity index (χ4n) is 2.48. The first-order chi connectivity index (χ1) is 12.5. The Labute approximate surface area is 159 Å². The molecular formula is C19H14Cl2N2O3. The van der Waals surface area contributed by atoms with E-state index in [1.54, 1.807) is 6.07 Å². The second kappa shape index (κ2) is 7.64. The van der Waals surface area contributed by atoms with E-state index in [-0.39, 0.29) is 21.3 Å². The number of carbonyl (C=O) groups is 2. The number of halogens is 2. The van der Waals surface area contributed by atoms with Crippen molar-refractivity contribution in [3.05, 3.63) is 70.2 Å². The minimum absolute atomic E-state index is 0.0143. The normalized spacial score (nSPS) is 10.5. The van der Waals surface area contributed by atoms with Crippen molar-refractivity contribution in [3.63, 3.8) is 0 Å². The van der Waals surface area contributed by atoms with Crippen LogP contribution in [0.25, 0.3) is 10.8 Å². The van der Waals surface area contributed by atoms with Gasteiger partial charge >= 0.3 is 5.97 Å². The Morgan fingerprint density at radius 2 is 1.77 bits per heavy atom. The van der Waals surface area contributed by atoms with Gasteiger partial charge in [-0.2, -0.15) is 0 Å². The van der Waals surface area contributed by atoms with Crippen molar-refractivity contribution in [3.8, 4) is 0 Å². The first-order valence-electron chi connectivity index (χ1n) is 7.65. The minimum atomic E-state index is -0.778. The van der Waals surface area contributed by atoms with Gasteiger partial charge in [0.1, 0.15) is 0 Å². The molecule has 5 nitrogen and oxygen atoms in total. The molecule has 1 amide bonds. The lowest BCUT2D eigenvalue weighted by atomic mass is 10.1. The second-order valence-electron chi connectivity index (χ2n) is 5.50. The van der Waals surface area contributed by atoms with Gasteiger partial charge < -0.3 is 15.8 Å². The number of carbonyl (C=O) groups excluding carboxylic acids is 2. The summed E-state index contributed by atoms with van der Waals surface area (Å²) in [6.45, 7) is -0.467.